The smallest absolute Gasteiger partial charge is 0.0731 e. The van der Waals surface area contributed by atoms with Gasteiger partial charge in [-0.3, -0.25) is 9.97 Å². The number of pyridine rings is 3. The number of hydrogen-bond acceptors (Lipinski definition) is 3. The monoisotopic (exact) mass is 706 g/mol. The lowest BCUT2D eigenvalue weighted by Crippen LogP contribution is -2.15. The number of rotatable bonds is 4. The first-order valence-electron chi connectivity index (χ1n) is 19.1. The van der Waals surface area contributed by atoms with Gasteiger partial charge in [0.1, 0.15) is 0 Å². The maximum atomic E-state index is 5.05. The Bertz CT molecular complexity index is 2830. The highest BCUT2D eigenvalue weighted by Crippen LogP contribution is 2.54. The number of aromatic nitrogens is 4. The Morgan fingerprint density at radius 1 is 0.418 bits per heavy atom. The molecule has 0 unspecified atom stereocenters. The molecule has 4 heteroatoms. The van der Waals surface area contributed by atoms with Crippen molar-refractivity contribution in [2.75, 3.05) is 0 Å². The molecule has 4 heterocycles. The van der Waals surface area contributed by atoms with Gasteiger partial charge in [0.15, 0.2) is 0 Å². The first kappa shape index (κ1) is 31.8. The summed E-state index contributed by atoms with van der Waals surface area (Å²) in [6.07, 6.45) is 7.34. The van der Waals surface area contributed by atoms with Crippen LogP contribution in [0.15, 0.2) is 158 Å². The summed E-state index contributed by atoms with van der Waals surface area (Å²) >= 11 is 0. The first-order valence-corrected chi connectivity index (χ1v) is 19.1. The van der Waals surface area contributed by atoms with Crippen molar-refractivity contribution in [3.63, 3.8) is 0 Å². The molecule has 4 nitrogen and oxygen atoms in total. The molecule has 5 aromatic carbocycles. The molecular formula is C51H38N4. The Balaban J connectivity index is 1.13. The number of nitrogens with zero attached hydrogens (tertiary/aromatic N) is 4. The number of fused-ring (bicyclic) bond motifs is 9. The average Bonchev–Trinajstić information content (AvgIpc) is 3.76. The summed E-state index contributed by atoms with van der Waals surface area (Å²) in [5.41, 5.74) is 20.2. The van der Waals surface area contributed by atoms with Gasteiger partial charge in [-0.25, -0.2) is 4.98 Å². The zero-order valence-corrected chi connectivity index (χ0v) is 31.3. The second-order valence-corrected chi connectivity index (χ2v) is 16.2. The van der Waals surface area contributed by atoms with Crippen LogP contribution in [0.1, 0.15) is 49.9 Å². The van der Waals surface area contributed by atoms with E-state index in [-0.39, 0.29) is 10.8 Å². The van der Waals surface area contributed by atoms with Crippen molar-refractivity contribution in [3.8, 4) is 61.6 Å². The van der Waals surface area contributed by atoms with Crippen LogP contribution in [-0.2, 0) is 10.8 Å². The molecule has 0 bridgehead atoms. The van der Waals surface area contributed by atoms with Crippen molar-refractivity contribution in [2.45, 2.75) is 38.5 Å². The topological polar surface area (TPSA) is 43.6 Å². The maximum absolute atomic E-state index is 5.05. The van der Waals surface area contributed by atoms with E-state index in [1.165, 1.54) is 66.3 Å². The molecule has 0 saturated heterocycles. The third kappa shape index (κ3) is 4.61. The van der Waals surface area contributed by atoms with E-state index in [2.05, 4.69) is 164 Å². The number of hydrogen-bond donors (Lipinski definition) is 0. The molecular weight excluding hydrogens is 669 g/mol. The van der Waals surface area contributed by atoms with E-state index >= 15 is 0 Å². The van der Waals surface area contributed by atoms with Gasteiger partial charge >= 0.3 is 0 Å². The van der Waals surface area contributed by atoms with Crippen LogP contribution in [0, 0.1) is 0 Å². The van der Waals surface area contributed by atoms with Crippen LogP contribution < -0.4 is 0 Å². The molecule has 11 rings (SSSR count). The van der Waals surface area contributed by atoms with E-state index in [1.54, 1.807) is 12.4 Å². The van der Waals surface area contributed by atoms with Gasteiger partial charge in [-0.05, 0) is 128 Å². The van der Waals surface area contributed by atoms with E-state index in [9.17, 15) is 0 Å². The van der Waals surface area contributed by atoms with Crippen molar-refractivity contribution in [2.24, 2.45) is 0 Å². The van der Waals surface area contributed by atoms with Crippen LogP contribution in [0.4, 0.5) is 0 Å². The van der Waals surface area contributed by atoms with Crippen LogP contribution >= 0.6 is 0 Å². The molecule has 2 aliphatic rings. The second kappa shape index (κ2) is 11.4. The summed E-state index contributed by atoms with van der Waals surface area (Å²) in [6.45, 7) is 9.47. The summed E-state index contributed by atoms with van der Waals surface area (Å²) in [6, 6.07) is 49.2. The predicted octanol–water partition coefficient (Wildman–Crippen LogP) is 12.6. The van der Waals surface area contributed by atoms with Crippen LogP contribution in [0.5, 0.6) is 0 Å². The molecule has 0 amide bonds. The van der Waals surface area contributed by atoms with Crippen molar-refractivity contribution in [1.29, 1.82) is 0 Å². The largest absolute Gasteiger partial charge is 0.309 e. The first-order chi connectivity index (χ1) is 26.8. The highest BCUT2D eigenvalue weighted by atomic mass is 15.0. The third-order valence-electron chi connectivity index (χ3n) is 12.4. The zero-order chi connectivity index (χ0) is 37.1. The standard InChI is InChI=1S/C51H38N4/c1-50(2)42-15-7-5-13-36(42)38-25-40-41-26-39-37-14-6-8-16-43(37)51(3,4)45(39)28-49(41)55(48(40)27-44(38)50)35-19-17-31(18-20-35)34-23-46(32-11-9-21-52-29-32)54-47(24-34)33-12-10-22-53-30-33/h5-30H,1-4H3. The zero-order valence-electron chi connectivity index (χ0n) is 31.3. The lowest BCUT2D eigenvalue weighted by molar-refractivity contribution is 0.660. The molecule has 0 N–H and O–H groups in total. The van der Waals surface area contributed by atoms with Crippen LogP contribution in [0.25, 0.3) is 83.4 Å². The molecule has 9 aromatic rings. The van der Waals surface area contributed by atoms with Gasteiger partial charge in [0, 0.05) is 63.2 Å². The van der Waals surface area contributed by atoms with Crippen molar-refractivity contribution < 1.29 is 0 Å². The highest BCUT2D eigenvalue weighted by molar-refractivity contribution is 6.13. The van der Waals surface area contributed by atoms with Gasteiger partial charge in [-0.1, -0.05) is 88.4 Å². The lowest BCUT2D eigenvalue weighted by atomic mass is 9.82. The summed E-state index contributed by atoms with van der Waals surface area (Å²) in [4.78, 5) is 13.8. The fourth-order valence-electron chi connectivity index (χ4n) is 9.51. The molecule has 0 aliphatic heterocycles. The fourth-order valence-corrected chi connectivity index (χ4v) is 9.51. The van der Waals surface area contributed by atoms with E-state index in [4.69, 9.17) is 4.98 Å². The molecule has 0 radical (unpaired) electrons. The lowest BCUT2D eigenvalue weighted by Gasteiger charge is -2.22. The summed E-state index contributed by atoms with van der Waals surface area (Å²) < 4.78 is 2.50. The van der Waals surface area contributed by atoms with Gasteiger partial charge in [0.2, 0.25) is 0 Å². The van der Waals surface area contributed by atoms with Gasteiger partial charge < -0.3 is 4.57 Å². The van der Waals surface area contributed by atoms with E-state index in [1.807, 2.05) is 24.5 Å². The molecule has 2 aliphatic carbocycles. The molecule has 0 saturated carbocycles. The van der Waals surface area contributed by atoms with Gasteiger partial charge in [0.25, 0.3) is 0 Å². The van der Waals surface area contributed by atoms with Gasteiger partial charge in [-0.15, -0.1) is 0 Å². The summed E-state index contributed by atoms with van der Waals surface area (Å²) in [7, 11) is 0. The highest BCUT2D eigenvalue weighted by Gasteiger charge is 2.38. The Hall–Kier alpha value is -6.65. The van der Waals surface area contributed by atoms with Crippen molar-refractivity contribution >= 4 is 21.8 Å². The minimum absolute atomic E-state index is 0.104. The summed E-state index contributed by atoms with van der Waals surface area (Å²) in [5, 5.41) is 2.57. The van der Waals surface area contributed by atoms with E-state index < -0.39 is 0 Å². The van der Waals surface area contributed by atoms with Crippen LogP contribution in [0.2, 0.25) is 0 Å². The SMILES string of the molecule is CC1(C)c2ccccc2-c2cc3c4cc5c(cc4n(-c4ccc(-c6cc(-c7cccnc7)nc(-c7cccnc7)c6)cc4)c3cc21)C(C)(C)c1ccccc1-5. The van der Waals surface area contributed by atoms with Crippen LogP contribution in [0.3, 0.4) is 0 Å². The molecule has 0 spiro atoms. The van der Waals surface area contributed by atoms with Crippen molar-refractivity contribution in [1.82, 2.24) is 19.5 Å². The fraction of sp³-hybridized carbons (Fsp3) is 0.118. The molecule has 55 heavy (non-hydrogen) atoms. The van der Waals surface area contributed by atoms with E-state index in [0.29, 0.717) is 0 Å². The Labute approximate surface area is 320 Å². The normalized spacial score (nSPS) is 14.5. The van der Waals surface area contributed by atoms with Crippen LogP contribution in [-0.4, -0.2) is 19.5 Å². The second-order valence-electron chi connectivity index (χ2n) is 16.2. The quantitative estimate of drug-likeness (QED) is 0.183. The molecule has 0 atom stereocenters. The Morgan fingerprint density at radius 3 is 1.38 bits per heavy atom. The van der Waals surface area contributed by atoms with Gasteiger partial charge in [0.05, 0.1) is 22.4 Å². The Kier molecular flexibility index (Phi) is 6.61. The van der Waals surface area contributed by atoms with Gasteiger partial charge in [-0.2, -0.15) is 0 Å². The molecule has 4 aromatic heterocycles. The molecule has 0 fully saturated rings. The molecule has 262 valence electrons. The number of benzene rings is 5. The maximum Gasteiger partial charge on any atom is 0.0731 e. The summed E-state index contributed by atoms with van der Waals surface area (Å²) in [5.74, 6) is 0. The van der Waals surface area contributed by atoms with Crippen molar-refractivity contribution in [3.05, 3.63) is 181 Å². The van der Waals surface area contributed by atoms with E-state index in [0.717, 1.165) is 39.3 Å². The minimum Gasteiger partial charge on any atom is -0.309 e. The average molecular weight is 707 g/mol. The third-order valence-corrected chi connectivity index (χ3v) is 12.4. The predicted molar refractivity (Wildman–Crippen MR) is 226 cm³/mol. The Morgan fingerprint density at radius 2 is 0.909 bits per heavy atom. The minimum atomic E-state index is -0.104.